The molecule has 1 aromatic rings. The van der Waals surface area contributed by atoms with Crippen LogP contribution in [0.3, 0.4) is 0 Å². The standard InChI is InChI=1S/C31H48N4O4/c1-29-11-7-22(34-28(37)35-26-10-14-33-17-20(26)16-32)15-21(29)4-5-25-24(29)8-12-30(2)23(9-13-31(25,30)38)19-3-6-27(36)39-18-19/h3,6,18,20-26,33,38H,4-5,7-17,32H2,1-2H3,(H2,34,35,37)/t20-,21+,22-,23+,24-,25+,26?,29-,30+,31-/m0/s1. The van der Waals surface area contributed by atoms with E-state index < -0.39 is 5.60 Å². The van der Waals surface area contributed by atoms with Crippen LogP contribution in [0.15, 0.2) is 27.6 Å². The number of nitrogens with one attached hydrogen (secondary N) is 3. The molecule has 1 unspecified atom stereocenters. The van der Waals surface area contributed by atoms with Crippen molar-refractivity contribution in [3.8, 4) is 0 Å². The van der Waals surface area contributed by atoms with E-state index in [2.05, 4.69) is 29.8 Å². The van der Waals surface area contributed by atoms with Crippen molar-refractivity contribution in [2.75, 3.05) is 19.6 Å². The zero-order valence-corrected chi connectivity index (χ0v) is 23.7. The number of aliphatic hydroxyl groups is 1. The average molecular weight is 541 g/mol. The first-order valence-electron chi connectivity index (χ1n) is 15.5. The van der Waals surface area contributed by atoms with Gasteiger partial charge >= 0.3 is 11.7 Å². The molecule has 4 aliphatic carbocycles. The normalized spacial score (nSPS) is 45.5. The molecule has 8 heteroatoms. The Labute approximate surface area is 232 Å². The highest BCUT2D eigenvalue weighted by molar-refractivity contribution is 5.74. The molecule has 8 nitrogen and oxygen atoms in total. The summed E-state index contributed by atoms with van der Waals surface area (Å²) in [5, 5.41) is 22.4. The Morgan fingerprint density at radius 1 is 1.08 bits per heavy atom. The van der Waals surface area contributed by atoms with Crippen molar-refractivity contribution in [3.05, 3.63) is 34.4 Å². The summed E-state index contributed by atoms with van der Waals surface area (Å²) in [4.78, 5) is 24.5. The van der Waals surface area contributed by atoms with Gasteiger partial charge in [-0.2, -0.15) is 0 Å². The van der Waals surface area contributed by atoms with Crippen LogP contribution in [0.25, 0.3) is 0 Å². The van der Waals surface area contributed by atoms with E-state index in [9.17, 15) is 14.7 Å². The second-order valence-electron chi connectivity index (χ2n) is 14.0. The van der Waals surface area contributed by atoms with Gasteiger partial charge in [0.1, 0.15) is 0 Å². The van der Waals surface area contributed by atoms with E-state index in [1.807, 2.05) is 6.07 Å². The number of urea groups is 1. The Balaban J connectivity index is 1.12. The van der Waals surface area contributed by atoms with Gasteiger partial charge < -0.3 is 31.2 Å². The smallest absolute Gasteiger partial charge is 0.335 e. The maximum Gasteiger partial charge on any atom is 0.335 e. The van der Waals surface area contributed by atoms with Crippen LogP contribution >= 0.6 is 0 Å². The Hall–Kier alpha value is -1.90. The third-order valence-corrected chi connectivity index (χ3v) is 12.5. The summed E-state index contributed by atoms with van der Waals surface area (Å²) in [5.74, 6) is 1.89. The third kappa shape index (κ3) is 4.45. The first kappa shape index (κ1) is 27.3. The van der Waals surface area contributed by atoms with Crippen molar-refractivity contribution in [2.24, 2.45) is 40.2 Å². The van der Waals surface area contributed by atoms with Crippen molar-refractivity contribution in [1.82, 2.24) is 16.0 Å². The molecule has 216 valence electrons. The Kier molecular flexibility index (Phi) is 7.12. The van der Waals surface area contributed by atoms with E-state index in [4.69, 9.17) is 10.2 Å². The number of carbonyl (C=O) groups is 1. The minimum absolute atomic E-state index is 0.0425. The summed E-state index contributed by atoms with van der Waals surface area (Å²) in [6.07, 6.45) is 11.7. The highest BCUT2D eigenvalue weighted by atomic mass is 16.4. The van der Waals surface area contributed by atoms with Crippen LogP contribution in [-0.4, -0.2) is 48.5 Å². The molecule has 0 aromatic carbocycles. The SMILES string of the molecule is C[C@]12CC[C@H](NC(=O)NC3CCNC[C@@H]3CN)C[C@H]1CC[C@@H]1[C@@H]2CC[C@]2(C)[C@@H](c3ccc(=O)oc3)CC[C@]12O. The monoisotopic (exact) mass is 540 g/mol. The van der Waals surface area contributed by atoms with Gasteiger partial charge in [0.25, 0.3) is 0 Å². The summed E-state index contributed by atoms with van der Waals surface area (Å²) in [7, 11) is 0. The van der Waals surface area contributed by atoms with E-state index >= 15 is 0 Å². The van der Waals surface area contributed by atoms with Crippen LogP contribution < -0.4 is 27.3 Å². The van der Waals surface area contributed by atoms with Crippen LogP contribution in [0.2, 0.25) is 0 Å². The van der Waals surface area contributed by atoms with Crippen molar-refractivity contribution >= 4 is 6.03 Å². The number of hydrogen-bond donors (Lipinski definition) is 5. The average Bonchev–Trinajstić information content (AvgIpc) is 3.20. The summed E-state index contributed by atoms with van der Waals surface area (Å²) in [5.41, 5.74) is 5.99. The molecule has 0 spiro atoms. The van der Waals surface area contributed by atoms with Gasteiger partial charge in [-0.15, -0.1) is 0 Å². The summed E-state index contributed by atoms with van der Waals surface area (Å²) in [6.45, 7) is 7.13. The molecule has 6 N–H and O–H groups in total. The molecule has 0 bridgehead atoms. The number of carbonyl (C=O) groups excluding carboxylic acids is 1. The predicted molar refractivity (Wildman–Crippen MR) is 150 cm³/mol. The molecule has 2 heterocycles. The zero-order chi connectivity index (χ0) is 27.4. The van der Waals surface area contributed by atoms with Gasteiger partial charge in [-0.05, 0) is 118 Å². The topological polar surface area (TPSA) is 130 Å². The predicted octanol–water partition coefficient (Wildman–Crippen LogP) is 3.49. The molecule has 6 rings (SSSR count). The zero-order valence-electron chi connectivity index (χ0n) is 23.7. The third-order valence-electron chi connectivity index (χ3n) is 12.5. The highest BCUT2D eigenvalue weighted by Gasteiger charge is 2.67. The maximum atomic E-state index is 12.9. The lowest BCUT2D eigenvalue weighted by molar-refractivity contribution is -0.201. The van der Waals surface area contributed by atoms with E-state index in [1.54, 1.807) is 6.26 Å². The quantitative estimate of drug-likeness (QED) is 0.398. The van der Waals surface area contributed by atoms with E-state index in [-0.39, 0.29) is 46.4 Å². The summed E-state index contributed by atoms with van der Waals surface area (Å²) < 4.78 is 5.23. The first-order valence-corrected chi connectivity index (χ1v) is 15.5. The van der Waals surface area contributed by atoms with E-state index in [1.165, 1.54) is 6.07 Å². The first-order chi connectivity index (χ1) is 18.7. The Morgan fingerprint density at radius 3 is 2.69 bits per heavy atom. The van der Waals surface area contributed by atoms with E-state index in [0.717, 1.165) is 82.9 Å². The molecular formula is C31H48N4O4. The van der Waals surface area contributed by atoms with Gasteiger partial charge in [0.2, 0.25) is 0 Å². The number of hydrogen-bond acceptors (Lipinski definition) is 6. The Bertz CT molecular complexity index is 1110. The summed E-state index contributed by atoms with van der Waals surface area (Å²) >= 11 is 0. The van der Waals surface area contributed by atoms with Crippen LogP contribution in [0, 0.1) is 34.5 Å². The molecule has 5 aliphatic rings. The molecule has 10 atom stereocenters. The van der Waals surface area contributed by atoms with Gasteiger partial charge in [0.05, 0.1) is 11.9 Å². The second kappa shape index (κ2) is 10.2. The van der Waals surface area contributed by atoms with Gasteiger partial charge in [-0.3, -0.25) is 0 Å². The van der Waals surface area contributed by atoms with Gasteiger partial charge in [-0.25, -0.2) is 9.59 Å². The lowest BCUT2D eigenvalue weighted by Gasteiger charge is -2.63. The number of piperidine rings is 1. The largest absolute Gasteiger partial charge is 0.431 e. The second-order valence-corrected chi connectivity index (χ2v) is 14.0. The van der Waals surface area contributed by atoms with Crippen molar-refractivity contribution < 1.29 is 14.3 Å². The van der Waals surface area contributed by atoms with Crippen LogP contribution in [0.4, 0.5) is 4.79 Å². The molecule has 0 radical (unpaired) electrons. The molecular weight excluding hydrogens is 492 g/mol. The van der Waals surface area contributed by atoms with Crippen molar-refractivity contribution in [2.45, 2.75) is 102 Å². The van der Waals surface area contributed by atoms with Crippen molar-refractivity contribution in [3.63, 3.8) is 0 Å². The molecule has 1 aliphatic heterocycles. The molecule has 39 heavy (non-hydrogen) atoms. The number of rotatable bonds is 4. The highest BCUT2D eigenvalue weighted by Crippen LogP contribution is 2.70. The lowest BCUT2D eigenvalue weighted by atomic mass is 9.43. The molecule has 1 aromatic heterocycles. The fourth-order valence-corrected chi connectivity index (χ4v) is 10.2. The fraction of sp³-hybridized carbons (Fsp3) is 0.806. The van der Waals surface area contributed by atoms with Crippen LogP contribution in [-0.2, 0) is 0 Å². The molecule has 2 amide bonds. The summed E-state index contributed by atoms with van der Waals surface area (Å²) in [6, 6.07) is 3.73. The van der Waals surface area contributed by atoms with Crippen LogP contribution in [0.5, 0.6) is 0 Å². The van der Waals surface area contributed by atoms with Gasteiger partial charge in [-0.1, -0.05) is 13.8 Å². The van der Waals surface area contributed by atoms with Gasteiger partial charge in [0.15, 0.2) is 0 Å². The van der Waals surface area contributed by atoms with Gasteiger partial charge in [0, 0.05) is 36.0 Å². The number of fused-ring (bicyclic) bond motifs is 5. The molecule has 5 fully saturated rings. The van der Waals surface area contributed by atoms with Crippen LogP contribution in [0.1, 0.15) is 89.5 Å². The number of nitrogens with two attached hydrogens (primary N) is 1. The number of amides is 2. The molecule has 4 saturated carbocycles. The van der Waals surface area contributed by atoms with Crippen molar-refractivity contribution in [1.29, 1.82) is 0 Å². The fourth-order valence-electron chi connectivity index (χ4n) is 10.2. The van der Waals surface area contributed by atoms with E-state index in [0.29, 0.717) is 24.3 Å². The lowest BCUT2D eigenvalue weighted by Crippen LogP contribution is -2.62. The maximum absolute atomic E-state index is 12.9. The Morgan fingerprint density at radius 2 is 1.92 bits per heavy atom. The minimum Gasteiger partial charge on any atom is -0.431 e. The minimum atomic E-state index is -0.686. The molecule has 1 saturated heterocycles.